The van der Waals surface area contributed by atoms with E-state index in [4.69, 9.17) is 0 Å². The third kappa shape index (κ3) is 4.61. The van der Waals surface area contributed by atoms with Crippen molar-refractivity contribution in [2.75, 3.05) is 26.2 Å². The highest BCUT2D eigenvalue weighted by molar-refractivity contribution is 5.30. The van der Waals surface area contributed by atoms with Crippen LogP contribution in [0.15, 0.2) is 24.3 Å². The van der Waals surface area contributed by atoms with Crippen LogP contribution in [0.3, 0.4) is 0 Å². The van der Waals surface area contributed by atoms with Crippen LogP contribution >= 0.6 is 0 Å². The van der Waals surface area contributed by atoms with E-state index in [1.54, 1.807) is 12.1 Å². The number of nitrogens with one attached hydrogen (secondary N) is 1. The Morgan fingerprint density at radius 1 is 1.05 bits per heavy atom. The topological polar surface area (TPSA) is 24.5 Å². The summed E-state index contributed by atoms with van der Waals surface area (Å²) in [5.74, 6) is -0.177. The Morgan fingerprint density at radius 2 is 1.59 bits per heavy atom. The van der Waals surface area contributed by atoms with Gasteiger partial charge in [-0.3, -0.25) is 4.90 Å². The first-order valence-corrected chi connectivity index (χ1v) is 7.47. The predicted octanol–water partition coefficient (Wildman–Crippen LogP) is 3.58. The van der Waals surface area contributed by atoms with E-state index in [0.29, 0.717) is 0 Å². The molecule has 1 aliphatic rings. The molecule has 6 heteroatoms. The Labute approximate surface area is 129 Å². The number of hydrogen-bond donors (Lipinski definition) is 1. The fourth-order valence-corrected chi connectivity index (χ4v) is 3.05. The van der Waals surface area contributed by atoms with Gasteiger partial charge < -0.3 is 10.1 Å². The summed E-state index contributed by atoms with van der Waals surface area (Å²) in [5, 5.41) is 3.32. The van der Waals surface area contributed by atoms with E-state index in [1.165, 1.54) is 12.1 Å². The van der Waals surface area contributed by atoms with Gasteiger partial charge in [-0.15, -0.1) is 13.2 Å². The highest BCUT2D eigenvalue weighted by atomic mass is 19.4. The van der Waals surface area contributed by atoms with Gasteiger partial charge in [-0.25, -0.2) is 0 Å². The van der Waals surface area contributed by atoms with Crippen LogP contribution in [-0.4, -0.2) is 37.4 Å². The van der Waals surface area contributed by atoms with Crippen LogP contribution in [0.4, 0.5) is 13.2 Å². The molecule has 1 saturated heterocycles. The molecular formula is C16H23F3N2O. The molecule has 0 aromatic heterocycles. The van der Waals surface area contributed by atoms with Gasteiger partial charge in [0.2, 0.25) is 0 Å². The Hall–Kier alpha value is -1.27. The molecule has 1 N–H and O–H groups in total. The molecule has 0 unspecified atom stereocenters. The van der Waals surface area contributed by atoms with Crippen molar-refractivity contribution in [1.29, 1.82) is 0 Å². The number of rotatable bonds is 3. The Bertz CT molecular complexity index is 474. The zero-order valence-corrected chi connectivity index (χ0v) is 13.2. The number of piperazine rings is 1. The molecule has 2 rings (SSSR count). The summed E-state index contributed by atoms with van der Waals surface area (Å²) in [5.41, 5.74) is 1.01. The Morgan fingerprint density at radius 3 is 2.05 bits per heavy atom. The van der Waals surface area contributed by atoms with Crippen molar-refractivity contribution in [3.05, 3.63) is 29.8 Å². The fourth-order valence-electron chi connectivity index (χ4n) is 3.05. The van der Waals surface area contributed by atoms with E-state index in [0.717, 1.165) is 31.7 Å². The zero-order valence-electron chi connectivity index (χ0n) is 13.2. The summed E-state index contributed by atoms with van der Waals surface area (Å²) >= 11 is 0. The summed E-state index contributed by atoms with van der Waals surface area (Å²) in [6.07, 6.45) is -4.65. The molecule has 124 valence electrons. The number of halogens is 3. The number of ether oxygens (including phenoxy) is 1. The smallest absolute Gasteiger partial charge is 0.406 e. The van der Waals surface area contributed by atoms with Crippen molar-refractivity contribution in [2.45, 2.75) is 33.2 Å². The van der Waals surface area contributed by atoms with Gasteiger partial charge in [-0.05, 0) is 23.1 Å². The molecule has 0 bridgehead atoms. The van der Waals surface area contributed by atoms with E-state index in [-0.39, 0.29) is 17.2 Å². The predicted molar refractivity (Wildman–Crippen MR) is 79.8 cm³/mol. The summed E-state index contributed by atoms with van der Waals surface area (Å²) in [4.78, 5) is 2.39. The lowest BCUT2D eigenvalue weighted by Crippen LogP contribution is -2.48. The molecule has 22 heavy (non-hydrogen) atoms. The van der Waals surface area contributed by atoms with Gasteiger partial charge in [0.15, 0.2) is 0 Å². The average Bonchev–Trinajstić information content (AvgIpc) is 2.39. The molecule has 0 amide bonds. The molecule has 0 radical (unpaired) electrons. The highest BCUT2D eigenvalue weighted by Crippen LogP contribution is 2.38. The number of benzene rings is 1. The lowest BCUT2D eigenvalue weighted by atomic mass is 9.81. The minimum absolute atomic E-state index is 0.0102. The third-order valence-corrected chi connectivity index (χ3v) is 3.77. The second-order valence-electron chi connectivity index (χ2n) is 6.67. The van der Waals surface area contributed by atoms with E-state index < -0.39 is 6.36 Å². The molecule has 1 aliphatic heterocycles. The summed E-state index contributed by atoms with van der Waals surface area (Å²) in [6.45, 7) is 10.2. The fraction of sp³-hybridized carbons (Fsp3) is 0.625. The van der Waals surface area contributed by atoms with Crippen LogP contribution in [0.25, 0.3) is 0 Å². The Balaban J connectivity index is 2.20. The van der Waals surface area contributed by atoms with Crippen LogP contribution in [0.2, 0.25) is 0 Å². The first kappa shape index (κ1) is 17.1. The molecule has 1 aromatic rings. The van der Waals surface area contributed by atoms with E-state index in [1.807, 2.05) is 0 Å². The van der Waals surface area contributed by atoms with Crippen molar-refractivity contribution in [2.24, 2.45) is 5.41 Å². The first-order chi connectivity index (χ1) is 10.2. The average molecular weight is 316 g/mol. The lowest BCUT2D eigenvalue weighted by molar-refractivity contribution is -0.274. The molecule has 3 nitrogen and oxygen atoms in total. The van der Waals surface area contributed by atoms with E-state index in [9.17, 15) is 13.2 Å². The van der Waals surface area contributed by atoms with Crippen LogP contribution < -0.4 is 10.1 Å². The zero-order chi connectivity index (χ0) is 16.4. The molecule has 1 fully saturated rings. The SMILES string of the molecule is CC(C)(C)[C@H](c1ccc(OC(F)(F)F)cc1)N1CCNCC1. The summed E-state index contributed by atoms with van der Waals surface area (Å²) < 4.78 is 40.7. The quantitative estimate of drug-likeness (QED) is 0.922. The van der Waals surface area contributed by atoms with Gasteiger partial charge in [0.1, 0.15) is 5.75 Å². The van der Waals surface area contributed by atoms with Crippen LogP contribution in [0, 0.1) is 5.41 Å². The van der Waals surface area contributed by atoms with Crippen molar-refractivity contribution in [1.82, 2.24) is 10.2 Å². The monoisotopic (exact) mass is 316 g/mol. The van der Waals surface area contributed by atoms with Gasteiger partial charge in [0.05, 0.1) is 0 Å². The van der Waals surface area contributed by atoms with Crippen molar-refractivity contribution < 1.29 is 17.9 Å². The molecule has 1 atom stereocenters. The third-order valence-electron chi connectivity index (χ3n) is 3.77. The molecule has 0 spiro atoms. The van der Waals surface area contributed by atoms with Crippen molar-refractivity contribution in [3.8, 4) is 5.75 Å². The van der Waals surface area contributed by atoms with Crippen molar-refractivity contribution >= 4 is 0 Å². The molecule has 1 heterocycles. The maximum Gasteiger partial charge on any atom is 0.573 e. The molecule has 1 aromatic carbocycles. The minimum Gasteiger partial charge on any atom is -0.406 e. The number of alkyl halides is 3. The van der Waals surface area contributed by atoms with E-state index >= 15 is 0 Å². The molecular weight excluding hydrogens is 293 g/mol. The van der Waals surface area contributed by atoms with Gasteiger partial charge in [0, 0.05) is 32.2 Å². The maximum atomic E-state index is 12.2. The van der Waals surface area contributed by atoms with Crippen LogP contribution in [0.5, 0.6) is 5.75 Å². The number of nitrogens with zero attached hydrogens (tertiary/aromatic N) is 1. The van der Waals surface area contributed by atoms with Gasteiger partial charge >= 0.3 is 6.36 Å². The number of hydrogen-bond acceptors (Lipinski definition) is 3. The second kappa shape index (κ2) is 6.46. The molecule has 0 saturated carbocycles. The van der Waals surface area contributed by atoms with Crippen LogP contribution in [0.1, 0.15) is 32.4 Å². The van der Waals surface area contributed by atoms with E-state index in [2.05, 4.69) is 35.7 Å². The minimum atomic E-state index is -4.65. The lowest BCUT2D eigenvalue weighted by Gasteiger charge is -2.42. The van der Waals surface area contributed by atoms with Crippen LogP contribution in [-0.2, 0) is 0 Å². The first-order valence-electron chi connectivity index (χ1n) is 7.47. The molecule has 0 aliphatic carbocycles. The Kier molecular flexibility index (Phi) is 5.02. The van der Waals surface area contributed by atoms with Gasteiger partial charge in [0.25, 0.3) is 0 Å². The largest absolute Gasteiger partial charge is 0.573 e. The normalized spacial score (nSPS) is 19.0. The summed E-state index contributed by atoms with van der Waals surface area (Å²) in [7, 11) is 0. The highest BCUT2D eigenvalue weighted by Gasteiger charge is 2.33. The second-order valence-corrected chi connectivity index (χ2v) is 6.67. The van der Waals surface area contributed by atoms with Gasteiger partial charge in [-0.1, -0.05) is 32.9 Å². The van der Waals surface area contributed by atoms with Crippen molar-refractivity contribution in [3.63, 3.8) is 0 Å². The van der Waals surface area contributed by atoms with Gasteiger partial charge in [-0.2, -0.15) is 0 Å². The maximum absolute atomic E-state index is 12.2. The standard InChI is InChI=1S/C16H23F3N2O/c1-15(2,3)14(21-10-8-20-9-11-21)12-4-6-13(7-5-12)22-16(17,18)19/h4-7,14,20H,8-11H2,1-3H3/t14-/m0/s1. The summed E-state index contributed by atoms with van der Waals surface area (Å²) in [6, 6.07) is 6.42.